The van der Waals surface area contributed by atoms with Crippen LogP contribution in [0.1, 0.15) is 219 Å². The van der Waals surface area contributed by atoms with E-state index in [-0.39, 0.29) is 32.0 Å². The Bertz CT molecular complexity index is 1010. The van der Waals surface area contributed by atoms with Gasteiger partial charge >= 0.3 is 11.9 Å². The van der Waals surface area contributed by atoms with Gasteiger partial charge in [-0.25, -0.2) is 0 Å². The number of hydrogen-bond donors (Lipinski definition) is 4. The normalized spacial score (nSPS) is 19.7. The summed E-state index contributed by atoms with van der Waals surface area (Å²) in [5.74, 6) is -0.817. The molecule has 1 heterocycles. The average Bonchev–Trinajstić information content (AvgIpc) is 3.22. The lowest BCUT2D eigenvalue weighted by Crippen LogP contribution is -2.59. The zero-order valence-electron chi connectivity index (χ0n) is 37.1. The second kappa shape index (κ2) is 39.4. The van der Waals surface area contributed by atoms with Gasteiger partial charge in [0.1, 0.15) is 31.0 Å². The molecule has 10 nitrogen and oxygen atoms in total. The lowest BCUT2D eigenvalue weighted by atomic mass is 9.99. The molecule has 0 spiro atoms. The number of rotatable bonds is 40. The van der Waals surface area contributed by atoms with E-state index >= 15 is 0 Å². The van der Waals surface area contributed by atoms with Crippen LogP contribution < -0.4 is 0 Å². The lowest BCUT2D eigenvalue weighted by molar-refractivity contribution is -0.305. The number of unbranched alkanes of at least 4 members (excludes halogenated alkanes) is 27. The highest BCUT2D eigenvalue weighted by atomic mass is 16.7. The highest BCUT2D eigenvalue weighted by molar-refractivity contribution is 5.70. The van der Waals surface area contributed by atoms with Crippen LogP contribution in [0.15, 0.2) is 17.9 Å². The zero-order chi connectivity index (χ0) is 42.3. The first-order valence-corrected chi connectivity index (χ1v) is 24.0. The Labute approximate surface area is 353 Å². The summed E-state index contributed by atoms with van der Waals surface area (Å²) in [6.45, 7) is 3.41. The Balaban J connectivity index is 2.30. The predicted molar refractivity (Wildman–Crippen MR) is 232 cm³/mol. The molecule has 0 amide bonds. The Morgan fingerprint density at radius 1 is 0.552 bits per heavy atom. The fraction of sp³-hybridized carbons (Fsp3) is 0.896. The maximum absolute atomic E-state index is 12.8. The van der Waals surface area contributed by atoms with Gasteiger partial charge in [-0.3, -0.25) is 9.59 Å². The molecule has 0 bridgehead atoms. The molecule has 0 aromatic heterocycles. The topological polar surface area (TPSA) is 152 Å². The first kappa shape index (κ1) is 54.2. The highest BCUT2D eigenvalue weighted by Crippen LogP contribution is 2.23. The molecule has 0 aromatic rings. The molecule has 58 heavy (non-hydrogen) atoms. The van der Waals surface area contributed by atoms with Crippen molar-refractivity contribution < 1.29 is 49.0 Å². The fourth-order valence-electron chi connectivity index (χ4n) is 7.34. The van der Waals surface area contributed by atoms with Gasteiger partial charge in [-0.05, 0) is 50.7 Å². The predicted octanol–water partition coefficient (Wildman–Crippen LogP) is 10.5. The lowest BCUT2D eigenvalue weighted by Gasteiger charge is -2.39. The summed E-state index contributed by atoms with van der Waals surface area (Å²) in [5, 5.41) is 40.1. The number of hydrogen-bond acceptors (Lipinski definition) is 10. The number of aliphatic hydroxyl groups is 4. The molecule has 340 valence electrons. The van der Waals surface area contributed by atoms with Crippen molar-refractivity contribution in [1.29, 1.82) is 0 Å². The Morgan fingerprint density at radius 3 is 1.41 bits per heavy atom. The number of esters is 2. The monoisotopic (exact) mass is 825 g/mol. The Morgan fingerprint density at radius 2 is 0.966 bits per heavy atom. The first-order valence-electron chi connectivity index (χ1n) is 24.0. The smallest absolute Gasteiger partial charge is 0.306 e. The van der Waals surface area contributed by atoms with E-state index in [1.807, 2.05) is 0 Å². The van der Waals surface area contributed by atoms with E-state index in [1.54, 1.807) is 0 Å². The van der Waals surface area contributed by atoms with E-state index < -0.39 is 49.4 Å². The molecule has 6 atom stereocenters. The third kappa shape index (κ3) is 30.3. The third-order valence-corrected chi connectivity index (χ3v) is 11.2. The molecule has 1 saturated heterocycles. The van der Waals surface area contributed by atoms with Crippen LogP contribution in [0.3, 0.4) is 0 Å². The number of aliphatic hydroxyl groups excluding tert-OH is 4. The van der Waals surface area contributed by atoms with Gasteiger partial charge in [-0.1, -0.05) is 168 Å². The maximum atomic E-state index is 12.8. The summed E-state index contributed by atoms with van der Waals surface area (Å²) < 4.78 is 22.2. The quantitative estimate of drug-likeness (QED) is 0.0267. The minimum atomic E-state index is -1.59. The maximum Gasteiger partial charge on any atom is 0.306 e. The summed E-state index contributed by atoms with van der Waals surface area (Å²) in [4.78, 5) is 25.4. The minimum Gasteiger partial charge on any atom is -0.462 e. The summed E-state index contributed by atoms with van der Waals surface area (Å²) in [7, 11) is 0. The minimum absolute atomic E-state index is 0.223. The standard InChI is InChI=1S/C48H88O10/c1-3-5-7-9-11-13-15-17-19-20-21-23-25-27-29-31-33-35-37-44(51)57-41(40-56-48-47(54)46(53)45(52)42(38-49)58-48)39-55-43(50)36-34-32-30-28-26-24-22-18-16-14-12-10-8-6-4-2/h16,22,41-42,45-49,52-54H,3-15,17,19-21,23-40H2,1-2H3/t18?,41-,42-,45+,46?,47?,48-/m1/s1. The van der Waals surface area contributed by atoms with Crippen LogP contribution in [-0.4, -0.2) is 89.0 Å². The van der Waals surface area contributed by atoms with Crippen LogP contribution in [0.5, 0.6) is 0 Å². The number of ether oxygens (including phenoxy) is 4. The first-order chi connectivity index (χ1) is 28.3. The van der Waals surface area contributed by atoms with Gasteiger partial charge in [-0.15, -0.1) is 5.73 Å². The molecule has 0 aliphatic carbocycles. The molecule has 1 fully saturated rings. The van der Waals surface area contributed by atoms with E-state index in [9.17, 15) is 30.0 Å². The van der Waals surface area contributed by atoms with Crippen molar-refractivity contribution in [2.24, 2.45) is 0 Å². The molecule has 1 rings (SSSR count). The fourth-order valence-corrected chi connectivity index (χ4v) is 7.34. The van der Waals surface area contributed by atoms with Gasteiger partial charge < -0.3 is 39.4 Å². The van der Waals surface area contributed by atoms with Crippen molar-refractivity contribution in [3.05, 3.63) is 17.9 Å². The summed E-state index contributed by atoms with van der Waals surface area (Å²) >= 11 is 0. The van der Waals surface area contributed by atoms with Crippen molar-refractivity contribution >= 4 is 11.9 Å². The molecule has 0 saturated carbocycles. The van der Waals surface area contributed by atoms with E-state index in [1.165, 1.54) is 122 Å². The summed E-state index contributed by atoms with van der Waals surface area (Å²) in [6.07, 6.45) is 32.8. The number of carbonyl (C=O) groups is 2. The second-order valence-electron chi connectivity index (χ2n) is 16.7. The van der Waals surface area contributed by atoms with Gasteiger partial charge in [0.15, 0.2) is 12.4 Å². The number of allylic oxidation sites excluding steroid dienone is 1. The average molecular weight is 825 g/mol. The summed E-state index contributed by atoms with van der Waals surface area (Å²) in [6, 6.07) is 0. The Kier molecular flexibility index (Phi) is 36.8. The van der Waals surface area contributed by atoms with Crippen molar-refractivity contribution in [3.63, 3.8) is 0 Å². The van der Waals surface area contributed by atoms with Gasteiger partial charge in [0.2, 0.25) is 0 Å². The third-order valence-electron chi connectivity index (χ3n) is 11.2. The van der Waals surface area contributed by atoms with Crippen molar-refractivity contribution in [2.75, 3.05) is 19.8 Å². The molecule has 1 aliphatic rings. The van der Waals surface area contributed by atoms with Gasteiger partial charge in [0.05, 0.1) is 13.2 Å². The number of carbonyl (C=O) groups excluding carboxylic acids is 2. The zero-order valence-corrected chi connectivity index (χ0v) is 37.1. The molecule has 0 aromatic carbocycles. The van der Waals surface area contributed by atoms with Crippen LogP contribution in [-0.2, 0) is 28.5 Å². The molecule has 10 heteroatoms. The second-order valence-corrected chi connectivity index (χ2v) is 16.7. The summed E-state index contributed by atoms with van der Waals surface area (Å²) in [5.41, 5.74) is 3.30. The molecule has 0 radical (unpaired) electrons. The van der Waals surface area contributed by atoms with Crippen molar-refractivity contribution in [2.45, 2.75) is 256 Å². The molecule has 1 aliphatic heterocycles. The van der Waals surface area contributed by atoms with Crippen LogP contribution in [0.2, 0.25) is 0 Å². The van der Waals surface area contributed by atoms with Crippen LogP contribution in [0.4, 0.5) is 0 Å². The van der Waals surface area contributed by atoms with E-state index in [0.717, 1.165) is 57.8 Å². The van der Waals surface area contributed by atoms with E-state index in [0.29, 0.717) is 12.8 Å². The molecular weight excluding hydrogens is 737 g/mol. The van der Waals surface area contributed by atoms with Crippen molar-refractivity contribution in [3.8, 4) is 0 Å². The SMILES string of the molecule is CCCCCCCC=C=CCCCCCCCC(=O)OC[C@H](CO[C@@H]1O[C@H](CO)[C@H](O)C(O)C1O)OC(=O)CCCCCCCCCCCCCCCCCCCC. The largest absolute Gasteiger partial charge is 0.462 e. The van der Waals surface area contributed by atoms with Crippen LogP contribution >= 0.6 is 0 Å². The Hall–Kier alpha value is -1.78. The molecule has 2 unspecified atom stereocenters. The van der Waals surface area contributed by atoms with Gasteiger partial charge in [0, 0.05) is 12.8 Å². The molecular formula is C48H88O10. The van der Waals surface area contributed by atoms with Crippen LogP contribution in [0.25, 0.3) is 0 Å². The van der Waals surface area contributed by atoms with E-state index in [4.69, 9.17) is 18.9 Å². The van der Waals surface area contributed by atoms with Gasteiger partial charge in [0.25, 0.3) is 0 Å². The van der Waals surface area contributed by atoms with E-state index in [2.05, 4.69) is 31.7 Å². The van der Waals surface area contributed by atoms with Gasteiger partial charge in [-0.2, -0.15) is 0 Å². The van der Waals surface area contributed by atoms with Crippen LogP contribution in [0, 0.1) is 0 Å². The molecule has 4 N–H and O–H groups in total. The van der Waals surface area contributed by atoms with Crippen molar-refractivity contribution in [1.82, 2.24) is 0 Å². The highest BCUT2D eigenvalue weighted by Gasteiger charge is 2.44.